The topological polar surface area (TPSA) is 79.8 Å². The molecule has 1 N–H and O–H groups in total. The van der Waals surface area contributed by atoms with E-state index in [-0.39, 0.29) is 17.6 Å². The molecule has 1 atom stereocenters. The van der Waals surface area contributed by atoms with Gasteiger partial charge in [0.25, 0.3) is 0 Å². The second kappa shape index (κ2) is 6.68. The van der Waals surface area contributed by atoms with Gasteiger partial charge in [-0.3, -0.25) is 9.69 Å². The number of carbonyl (C=O) groups excluding carboxylic acids is 1. The number of rotatable bonds is 5. The van der Waals surface area contributed by atoms with E-state index in [9.17, 15) is 4.79 Å². The average molecular weight is 341 g/mol. The molecule has 0 unspecified atom stereocenters. The third kappa shape index (κ3) is 3.47. The second-order valence-corrected chi connectivity index (χ2v) is 7.33. The molecular weight excluding hydrogens is 318 g/mol. The van der Waals surface area contributed by atoms with Gasteiger partial charge in [0.1, 0.15) is 16.7 Å². The third-order valence-corrected chi connectivity index (χ3v) is 5.17. The first-order valence-electron chi connectivity index (χ1n) is 7.69. The number of carbonyl (C=O) groups is 1. The van der Waals surface area contributed by atoms with Crippen molar-refractivity contribution in [3.8, 4) is 0 Å². The predicted octanol–water partition coefficient (Wildman–Crippen LogP) is -0.501. The summed E-state index contributed by atoms with van der Waals surface area (Å²) in [6.45, 7) is 5.74. The normalized spacial score (nSPS) is 23.8. The molecule has 8 nitrogen and oxygen atoms in total. The summed E-state index contributed by atoms with van der Waals surface area (Å²) in [4.78, 5) is 16.4. The molecule has 0 saturated carbocycles. The molecule has 2 fully saturated rings. The zero-order valence-electron chi connectivity index (χ0n) is 13.7. The fraction of sp³-hybridized carbons (Fsp3) is 0.786. The fourth-order valence-corrected chi connectivity index (χ4v) is 3.74. The Morgan fingerprint density at radius 3 is 2.87 bits per heavy atom. The number of likely N-dealkylation sites (N-methyl/N-ethyl adjacent to an activating group) is 1. The lowest BCUT2D eigenvalue weighted by Gasteiger charge is -2.54. The average Bonchev–Trinajstić information content (AvgIpc) is 2.91. The maximum absolute atomic E-state index is 12.2. The van der Waals surface area contributed by atoms with Crippen molar-refractivity contribution in [2.45, 2.75) is 18.6 Å². The van der Waals surface area contributed by atoms with Crippen LogP contribution in [0.15, 0.2) is 0 Å². The van der Waals surface area contributed by atoms with Gasteiger partial charge in [0.05, 0.1) is 26.3 Å². The van der Waals surface area contributed by atoms with Crippen LogP contribution in [0.25, 0.3) is 0 Å². The van der Waals surface area contributed by atoms with Crippen LogP contribution in [0.3, 0.4) is 0 Å². The number of nitrogens with zero attached hydrogens (tertiary/aromatic N) is 4. The Morgan fingerprint density at radius 1 is 1.48 bits per heavy atom. The van der Waals surface area contributed by atoms with Crippen LogP contribution in [0.2, 0.25) is 0 Å². The summed E-state index contributed by atoms with van der Waals surface area (Å²) in [5, 5.41) is 13.0. The van der Waals surface area contributed by atoms with Crippen LogP contribution in [0, 0.1) is 6.92 Å². The van der Waals surface area contributed by atoms with E-state index in [1.165, 1.54) is 0 Å². The van der Waals surface area contributed by atoms with Gasteiger partial charge in [0.2, 0.25) is 11.0 Å². The van der Waals surface area contributed by atoms with Crippen molar-refractivity contribution in [1.29, 1.82) is 0 Å². The first-order chi connectivity index (χ1) is 11.0. The van der Waals surface area contributed by atoms with E-state index in [4.69, 9.17) is 9.47 Å². The van der Waals surface area contributed by atoms with Gasteiger partial charge < -0.3 is 19.7 Å². The minimum Gasteiger partial charge on any atom is -0.383 e. The Bertz CT molecular complexity index is 560. The first-order valence-corrected chi connectivity index (χ1v) is 8.50. The predicted molar refractivity (Wildman–Crippen MR) is 86.8 cm³/mol. The highest BCUT2D eigenvalue weighted by Gasteiger charge is 2.50. The van der Waals surface area contributed by atoms with E-state index in [1.807, 2.05) is 14.0 Å². The minimum absolute atomic E-state index is 0.00433. The highest BCUT2D eigenvalue weighted by atomic mass is 32.1. The molecule has 1 spiro atoms. The highest BCUT2D eigenvalue weighted by molar-refractivity contribution is 7.15. The van der Waals surface area contributed by atoms with E-state index >= 15 is 0 Å². The third-order valence-electron chi connectivity index (χ3n) is 4.27. The van der Waals surface area contributed by atoms with Crippen LogP contribution in [0.4, 0.5) is 5.13 Å². The number of hydrogen-bond donors (Lipinski definition) is 1. The molecule has 0 aromatic carbocycles. The summed E-state index contributed by atoms with van der Waals surface area (Å²) in [5.74, 6) is -0.00433. The number of amides is 1. The monoisotopic (exact) mass is 341 g/mol. The molecule has 2 aliphatic rings. The number of nitrogens with one attached hydrogen (secondary N) is 1. The Labute approximate surface area is 139 Å². The molecule has 23 heavy (non-hydrogen) atoms. The quantitative estimate of drug-likeness (QED) is 0.723. The Kier molecular flexibility index (Phi) is 4.81. The van der Waals surface area contributed by atoms with Gasteiger partial charge in [-0.25, -0.2) is 0 Å². The molecule has 1 amide bonds. The van der Waals surface area contributed by atoms with Gasteiger partial charge in [-0.2, -0.15) is 0 Å². The minimum atomic E-state index is -0.240. The fourth-order valence-electron chi connectivity index (χ4n) is 3.05. The Hall–Kier alpha value is -1.29. The molecule has 2 saturated heterocycles. The summed E-state index contributed by atoms with van der Waals surface area (Å²) in [6, 6.07) is -0.240. The molecule has 1 aromatic heterocycles. The summed E-state index contributed by atoms with van der Waals surface area (Å²) >= 11 is 1.60. The summed E-state index contributed by atoms with van der Waals surface area (Å²) in [7, 11) is 3.59. The largest absolute Gasteiger partial charge is 0.383 e. The van der Waals surface area contributed by atoms with Crippen molar-refractivity contribution in [2.75, 3.05) is 58.5 Å². The Balaban J connectivity index is 1.50. The maximum atomic E-state index is 12.2. The van der Waals surface area contributed by atoms with E-state index in [0.717, 1.165) is 29.8 Å². The van der Waals surface area contributed by atoms with Crippen LogP contribution in [-0.4, -0.2) is 86.2 Å². The van der Waals surface area contributed by atoms with E-state index in [1.54, 1.807) is 18.4 Å². The zero-order chi connectivity index (χ0) is 16.4. The molecule has 0 bridgehead atoms. The lowest BCUT2D eigenvalue weighted by atomic mass is 9.91. The molecular formula is C14H23N5O3S. The summed E-state index contributed by atoms with van der Waals surface area (Å²) < 4.78 is 11.0. The smallest absolute Gasteiger partial charge is 0.239 e. The van der Waals surface area contributed by atoms with E-state index < -0.39 is 0 Å². The molecule has 128 valence electrons. The molecule has 2 aliphatic heterocycles. The molecule has 3 heterocycles. The maximum Gasteiger partial charge on any atom is 0.239 e. The summed E-state index contributed by atoms with van der Waals surface area (Å²) in [6.07, 6.45) is 0. The number of hydrogen-bond acceptors (Lipinski definition) is 8. The number of methoxy groups -OCH3 is 1. The molecule has 3 rings (SSSR count). The van der Waals surface area contributed by atoms with Crippen LogP contribution in [0.5, 0.6) is 0 Å². The SMILES string of the molecule is COCCNC(=O)[C@H]1COC2(CN(c3nnc(C)s3)C2)CN1C. The molecule has 0 aliphatic carbocycles. The van der Waals surface area contributed by atoms with Gasteiger partial charge in [-0.15, -0.1) is 10.2 Å². The van der Waals surface area contributed by atoms with Crippen molar-refractivity contribution in [2.24, 2.45) is 0 Å². The number of ether oxygens (including phenoxy) is 2. The molecule has 0 radical (unpaired) electrons. The van der Waals surface area contributed by atoms with Crippen LogP contribution >= 0.6 is 11.3 Å². The van der Waals surface area contributed by atoms with Crippen molar-refractivity contribution in [3.63, 3.8) is 0 Å². The molecule has 1 aromatic rings. The standard InChI is InChI=1S/C14H23N5O3S/c1-10-16-17-13(23-10)19-8-14(9-19)7-18(2)11(6-22-14)12(20)15-4-5-21-3/h11H,4-9H2,1-3H3,(H,15,20)/t11-/m1/s1. The lowest BCUT2D eigenvalue weighted by molar-refractivity contribution is -0.157. The number of aromatic nitrogens is 2. The van der Waals surface area contributed by atoms with Crippen molar-refractivity contribution in [3.05, 3.63) is 5.01 Å². The van der Waals surface area contributed by atoms with Crippen molar-refractivity contribution >= 4 is 22.4 Å². The molecule has 9 heteroatoms. The highest BCUT2D eigenvalue weighted by Crippen LogP contribution is 2.35. The van der Waals surface area contributed by atoms with Gasteiger partial charge in [-0.05, 0) is 14.0 Å². The van der Waals surface area contributed by atoms with Gasteiger partial charge in [0, 0.05) is 20.2 Å². The lowest BCUT2D eigenvalue weighted by Crippen LogP contribution is -2.72. The number of anilines is 1. The number of morpholine rings is 1. The van der Waals surface area contributed by atoms with Gasteiger partial charge >= 0.3 is 0 Å². The van der Waals surface area contributed by atoms with Crippen molar-refractivity contribution in [1.82, 2.24) is 20.4 Å². The number of aryl methyl sites for hydroxylation is 1. The Morgan fingerprint density at radius 2 is 2.26 bits per heavy atom. The van der Waals surface area contributed by atoms with Crippen molar-refractivity contribution < 1.29 is 14.3 Å². The van der Waals surface area contributed by atoms with Crippen LogP contribution in [0.1, 0.15) is 5.01 Å². The van der Waals surface area contributed by atoms with E-state index in [2.05, 4.69) is 25.3 Å². The van der Waals surface area contributed by atoms with Gasteiger partial charge in [0.15, 0.2) is 0 Å². The van der Waals surface area contributed by atoms with Gasteiger partial charge in [-0.1, -0.05) is 11.3 Å². The first kappa shape index (κ1) is 16.6. The van der Waals surface area contributed by atoms with Crippen LogP contribution < -0.4 is 10.2 Å². The zero-order valence-corrected chi connectivity index (χ0v) is 14.6. The van der Waals surface area contributed by atoms with Crippen LogP contribution in [-0.2, 0) is 14.3 Å². The van der Waals surface area contributed by atoms with E-state index in [0.29, 0.717) is 19.8 Å². The second-order valence-electron chi connectivity index (χ2n) is 6.17. The summed E-state index contributed by atoms with van der Waals surface area (Å²) in [5.41, 5.74) is -0.197.